The van der Waals surface area contributed by atoms with Crippen molar-refractivity contribution in [1.29, 1.82) is 0 Å². The zero-order chi connectivity index (χ0) is 13.1. The molecule has 7 heteroatoms. The molecule has 0 unspecified atom stereocenters. The predicted molar refractivity (Wildman–Crippen MR) is 74.9 cm³/mol. The summed E-state index contributed by atoms with van der Waals surface area (Å²) in [5, 5.41) is 10.4. The van der Waals surface area contributed by atoms with Crippen molar-refractivity contribution in [2.24, 2.45) is 0 Å². The topological polar surface area (TPSA) is 54.9 Å². The Kier molecular flexibility index (Phi) is 4.31. The van der Waals surface area contributed by atoms with Crippen molar-refractivity contribution in [3.8, 4) is 0 Å². The number of amides is 1. The first-order valence-electron chi connectivity index (χ1n) is 5.11. The molecule has 0 saturated carbocycles. The fourth-order valence-electron chi connectivity index (χ4n) is 1.39. The second kappa shape index (κ2) is 5.77. The van der Waals surface area contributed by atoms with Crippen molar-refractivity contribution in [3.63, 3.8) is 0 Å². The molecule has 4 nitrogen and oxygen atoms in total. The summed E-state index contributed by atoms with van der Waals surface area (Å²) in [5.74, 6) is -0.269. The van der Waals surface area contributed by atoms with Gasteiger partial charge in [-0.2, -0.15) is 0 Å². The molecule has 0 radical (unpaired) electrons. The Balaban J connectivity index is 2.05. The second-order valence-electron chi connectivity index (χ2n) is 3.61. The average molecular weight is 347 g/mol. The van der Waals surface area contributed by atoms with Crippen LogP contribution in [0.2, 0.25) is 4.47 Å². The zero-order valence-electron chi connectivity index (χ0n) is 9.35. The lowest BCUT2D eigenvalue weighted by molar-refractivity contribution is 0.0939. The lowest BCUT2D eigenvalue weighted by atomic mass is 10.1. The van der Waals surface area contributed by atoms with Crippen LogP contribution in [0.25, 0.3) is 0 Å². The molecule has 1 N–H and O–H groups in total. The monoisotopic (exact) mass is 345 g/mol. The summed E-state index contributed by atoms with van der Waals surface area (Å²) in [5.41, 5.74) is 1.02. The first-order valence-corrected chi connectivity index (χ1v) is 7.10. The fraction of sp³-hybridized carbons (Fsp3) is 0.182. The van der Waals surface area contributed by atoms with E-state index in [0.29, 0.717) is 0 Å². The molecule has 0 bridgehead atoms. The maximum atomic E-state index is 11.8. The number of halogens is 2. The number of hydrogen-bond donors (Lipinski definition) is 1. The highest BCUT2D eigenvalue weighted by molar-refractivity contribution is 9.10. The van der Waals surface area contributed by atoms with Crippen LogP contribution in [-0.4, -0.2) is 16.1 Å². The van der Waals surface area contributed by atoms with Gasteiger partial charge in [-0.1, -0.05) is 39.4 Å². The molecule has 1 heterocycles. The third kappa shape index (κ3) is 3.28. The summed E-state index contributed by atoms with van der Waals surface area (Å²) in [6, 6.07) is 7.65. The van der Waals surface area contributed by atoms with E-state index >= 15 is 0 Å². The molecule has 0 fully saturated rings. The number of carbonyl (C=O) groups excluding carboxylic acids is 1. The lowest BCUT2D eigenvalue weighted by Gasteiger charge is -2.13. The molecule has 0 aliphatic carbocycles. The molecular formula is C11H9BrClN3OS. The minimum atomic E-state index is -0.269. The van der Waals surface area contributed by atoms with E-state index < -0.39 is 0 Å². The Labute approximate surface area is 122 Å². The van der Waals surface area contributed by atoms with E-state index in [4.69, 9.17) is 11.6 Å². The number of aromatic nitrogens is 2. The first-order chi connectivity index (χ1) is 8.56. The molecule has 1 atom stereocenters. The standard InChI is InChI=1S/C11H9BrClN3OS/c1-6(7-2-4-8(12)5-3-7)14-9(17)10-15-16-11(13)18-10/h2-6H,1H3,(H,14,17)/t6-/m0/s1. The van der Waals surface area contributed by atoms with Gasteiger partial charge < -0.3 is 5.32 Å². The molecule has 18 heavy (non-hydrogen) atoms. The Morgan fingerprint density at radius 3 is 2.61 bits per heavy atom. The van der Waals surface area contributed by atoms with E-state index in [-0.39, 0.29) is 21.4 Å². The van der Waals surface area contributed by atoms with Gasteiger partial charge in [-0.05, 0) is 36.2 Å². The number of nitrogens with zero attached hydrogens (tertiary/aromatic N) is 2. The van der Waals surface area contributed by atoms with Gasteiger partial charge in [0, 0.05) is 4.47 Å². The van der Waals surface area contributed by atoms with Crippen molar-refractivity contribution in [2.45, 2.75) is 13.0 Å². The molecule has 2 aromatic rings. The van der Waals surface area contributed by atoms with Crippen LogP contribution < -0.4 is 5.32 Å². The van der Waals surface area contributed by atoms with Crippen LogP contribution in [0, 0.1) is 0 Å². The molecule has 1 aromatic heterocycles. The molecule has 0 aliphatic rings. The quantitative estimate of drug-likeness (QED) is 0.926. The molecule has 1 aromatic carbocycles. The summed E-state index contributed by atoms with van der Waals surface area (Å²) in [7, 11) is 0. The van der Waals surface area contributed by atoms with Crippen LogP contribution in [0.5, 0.6) is 0 Å². The Bertz CT molecular complexity index is 558. The largest absolute Gasteiger partial charge is 0.343 e. The summed E-state index contributed by atoms with van der Waals surface area (Å²) < 4.78 is 1.26. The summed E-state index contributed by atoms with van der Waals surface area (Å²) in [4.78, 5) is 11.8. The molecule has 0 saturated heterocycles. The summed E-state index contributed by atoms with van der Waals surface area (Å²) in [6.07, 6.45) is 0. The van der Waals surface area contributed by atoms with Gasteiger partial charge in [0.05, 0.1) is 6.04 Å². The highest BCUT2D eigenvalue weighted by Crippen LogP contribution is 2.18. The predicted octanol–water partition coefficient (Wildman–Crippen LogP) is 3.45. The van der Waals surface area contributed by atoms with Crippen LogP contribution in [0.1, 0.15) is 28.3 Å². The minimum absolute atomic E-state index is 0.103. The number of carbonyl (C=O) groups is 1. The van der Waals surface area contributed by atoms with Gasteiger partial charge in [0.1, 0.15) is 0 Å². The number of benzene rings is 1. The van der Waals surface area contributed by atoms with E-state index in [9.17, 15) is 4.79 Å². The lowest BCUT2D eigenvalue weighted by Crippen LogP contribution is -2.26. The fourth-order valence-corrected chi connectivity index (χ4v) is 2.39. The van der Waals surface area contributed by atoms with Crippen LogP contribution in [-0.2, 0) is 0 Å². The third-order valence-corrected chi connectivity index (χ3v) is 3.86. The van der Waals surface area contributed by atoms with Crippen LogP contribution in [0.4, 0.5) is 0 Å². The highest BCUT2D eigenvalue weighted by atomic mass is 79.9. The summed E-state index contributed by atoms with van der Waals surface area (Å²) in [6.45, 7) is 1.91. The van der Waals surface area contributed by atoms with Crippen molar-refractivity contribution in [1.82, 2.24) is 15.5 Å². The van der Waals surface area contributed by atoms with Gasteiger partial charge in [0.25, 0.3) is 5.91 Å². The van der Waals surface area contributed by atoms with E-state index in [2.05, 4.69) is 31.4 Å². The van der Waals surface area contributed by atoms with Gasteiger partial charge in [-0.3, -0.25) is 4.79 Å². The number of hydrogen-bond acceptors (Lipinski definition) is 4. The SMILES string of the molecule is C[C@H](NC(=O)c1nnc(Cl)s1)c1ccc(Br)cc1. The second-order valence-corrected chi connectivity index (χ2v) is 6.08. The normalized spacial score (nSPS) is 12.2. The molecule has 2 rings (SSSR count). The van der Waals surface area contributed by atoms with E-state index in [1.54, 1.807) is 0 Å². The van der Waals surface area contributed by atoms with Crippen LogP contribution in [0.15, 0.2) is 28.7 Å². The molecule has 0 aliphatic heterocycles. The zero-order valence-corrected chi connectivity index (χ0v) is 12.5. The maximum absolute atomic E-state index is 11.8. The van der Waals surface area contributed by atoms with Crippen molar-refractivity contribution in [3.05, 3.63) is 43.8 Å². The maximum Gasteiger partial charge on any atom is 0.282 e. The number of nitrogens with one attached hydrogen (secondary N) is 1. The average Bonchev–Trinajstić information content (AvgIpc) is 2.76. The molecular weight excluding hydrogens is 338 g/mol. The van der Waals surface area contributed by atoms with Gasteiger partial charge >= 0.3 is 0 Å². The van der Waals surface area contributed by atoms with Crippen LogP contribution in [0.3, 0.4) is 0 Å². The Morgan fingerprint density at radius 1 is 1.39 bits per heavy atom. The Hall–Kier alpha value is -0.980. The molecule has 1 amide bonds. The molecule has 0 spiro atoms. The summed E-state index contributed by atoms with van der Waals surface area (Å²) >= 11 is 10.1. The number of rotatable bonds is 3. The van der Waals surface area contributed by atoms with E-state index in [1.165, 1.54) is 0 Å². The van der Waals surface area contributed by atoms with Crippen LogP contribution >= 0.6 is 38.9 Å². The highest BCUT2D eigenvalue weighted by Gasteiger charge is 2.15. The third-order valence-electron chi connectivity index (χ3n) is 2.31. The van der Waals surface area contributed by atoms with Crippen molar-refractivity contribution >= 4 is 44.8 Å². The van der Waals surface area contributed by atoms with E-state index in [0.717, 1.165) is 21.4 Å². The van der Waals surface area contributed by atoms with Gasteiger partial charge in [-0.25, -0.2) is 0 Å². The van der Waals surface area contributed by atoms with E-state index in [1.807, 2.05) is 31.2 Å². The van der Waals surface area contributed by atoms with Gasteiger partial charge in [-0.15, -0.1) is 10.2 Å². The minimum Gasteiger partial charge on any atom is -0.343 e. The Morgan fingerprint density at radius 2 is 2.06 bits per heavy atom. The smallest absolute Gasteiger partial charge is 0.282 e. The van der Waals surface area contributed by atoms with Crippen molar-refractivity contribution in [2.75, 3.05) is 0 Å². The van der Waals surface area contributed by atoms with Gasteiger partial charge in [0.15, 0.2) is 0 Å². The first kappa shape index (κ1) is 13.5. The molecule has 94 valence electrons. The van der Waals surface area contributed by atoms with Gasteiger partial charge in [0.2, 0.25) is 9.47 Å². The van der Waals surface area contributed by atoms with Crippen molar-refractivity contribution < 1.29 is 4.79 Å².